The molecule has 0 aliphatic heterocycles. The largest absolute Gasteiger partial charge is 0.393 e. The molecule has 1 saturated carbocycles. The van der Waals surface area contributed by atoms with Gasteiger partial charge in [-0.1, -0.05) is 0 Å². The molecule has 0 spiro atoms. The average molecular weight is 129 g/mol. The highest BCUT2D eigenvalue weighted by Gasteiger charge is 2.27. The summed E-state index contributed by atoms with van der Waals surface area (Å²) in [5.74, 6) is 0.577. The van der Waals surface area contributed by atoms with Crippen molar-refractivity contribution in [3.63, 3.8) is 0 Å². The topological polar surface area (TPSA) is 46.2 Å². The number of aliphatic hydroxyl groups is 1. The first-order chi connectivity index (χ1) is 4.34. The van der Waals surface area contributed by atoms with Crippen LogP contribution in [0.25, 0.3) is 0 Å². The lowest BCUT2D eigenvalue weighted by atomic mass is 9.79. The Balaban J connectivity index is 1.99. The Morgan fingerprint density at radius 3 is 2.56 bits per heavy atom. The van der Waals surface area contributed by atoms with Gasteiger partial charge < -0.3 is 10.8 Å². The van der Waals surface area contributed by atoms with Crippen LogP contribution in [0.4, 0.5) is 0 Å². The summed E-state index contributed by atoms with van der Waals surface area (Å²) in [4.78, 5) is 0. The molecule has 0 saturated heterocycles. The molecular formula is C7H15NO. The van der Waals surface area contributed by atoms with E-state index in [0.717, 1.165) is 25.8 Å². The monoisotopic (exact) mass is 129 g/mol. The van der Waals surface area contributed by atoms with E-state index in [9.17, 15) is 0 Å². The molecule has 0 aromatic heterocycles. The predicted octanol–water partition coefficient (Wildman–Crippen LogP) is 0.496. The van der Waals surface area contributed by atoms with Gasteiger partial charge in [0.1, 0.15) is 0 Å². The van der Waals surface area contributed by atoms with Crippen molar-refractivity contribution in [3.05, 3.63) is 0 Å². The molecule has 1 fully saturated rings. The van der Waals surface area contributed by atoms with Crippen molar-refractivity contribution in [1.29, 1.82) is 0 Å². The van der Waals surface area contributed by atoms with Crippen LogP contribution in [0, 0.1) is 5.92 Å². The Kier molecular flexibility index (Phi) is 2.49. The van der Waals surface area contributed by atoms with Crippen LogP contribution in [0.3, 0.4) is 0 Å². The molecule has 1 rings (SSSR count). The van der Waals surface area contributed by atoms with Crippen molar-refractivity contribution in [2.75, 3.05) is 6.54 Å². The second kappa shape index (κ2) is 3.18. The van der Waals surface area contributed by atoms with E-state index < -0.39 is 0 Å². The van der Waals surface area contributed by atoms with Crippen LogP contribution >= 0.6 is 0 Å². The van der Waals surface area contributed by atoms with E-state index in [2.05, 4.69) is 0 Å². The minimum Gasteiger partial charge on any atom is -0.393 e. The molecule has 0 aromatic rings. The number of hydrogen-bond donors (Lipinski definition) is 2. The number of aliphatic hydroxyl groups excluding tert-OH is 1. The summed E-state index contributed by atoms with van der Waals surface area (Å²) >= 11 is 0. The molecule has 0 aromatic carbocycles. The molecule has 0 radical (unpaired) electrons. The first-order valence-electron chi connectivity index (χ1n) is 3.72. The second-order valence-corrected chi connectivity index (χ2v) is 2.84. The summed E-state index contributed by atoms with van der Waals surface area (Å²) in [6.07, 6.45) is 4.41. The summed E-state index contributed by atoms with van der Waals surface area (Å²) in [7, 11) is 0. The van der Waals surface area contributed by atoms with E-state index in [-0.39, 0.29) is 6.10 Å². The Hall–Kier alpha value is -0.0800. The van der Waals surface area contributed by atoms with Gasteiger partial charge in [0.05, 0.1) is 6.10 Å². The molecule has 1 aliphatic carbocycles. The van der Waals surface area contributed by atoms with Crippen LogP contribution in [-0.2, 0) is 0 Å². The molecule has 0 heterocycles. The van der Waals surface area contributed by atoms with Crippen molar-refractivity contribution < 1.29 is 5.11 Å². The lowest BCUT2D eigenvalue weighted by Crippen LogP contribution is -2.31. The van der Waals surface area contributed by atoms with Crippen LogP contribution in [0.1, 0.15) is 25.7 Å². The fourth-order valence-electron chi connectivity index (χ4n) is 1.27. The zero-order valence-electron chi connectivity index (χ0n) is 5.71. The maximum atomic E-state index is 9.09. The summed E-state index contributed by atoms with van der Waals surface area (Å²) in [5, 5.41) is 9.09. The third kappa shape index (κ3) is 1.66. The Morgan fingerprint density at radius 2 is 2.22 bits per heavy atom. The quantitative estimate of drug-likeness (QED) is 0.582. The van der Waals surface area contributed by atoms with E-state index >= 15 is 0 Å². The van der Waals surface area contributed by atoms with Crippen molar-refractivity contribution >= 4 is 0 Å². The van der Waals surface area contributed by atoms with Crippen molar-refractivity contribution in [1.82, 2.24) is 0 Å². The highest BCUT2D eigenvalue weighted by Crippen LogP contribution is 2.30. The van der Waals surface area contributed by atoms with Crippen molar-refractivity contribution in [2.45, 2.75) is 31.8 Å². The van der Waals surface area contributed by atoms with Gasteiger partial charge in [-0.05, 0) is 38.1 Å². The van der Waals surface area contributed by atoms with Gasteiger partial charge in [0.2, 0.25) is 0 Å². The highest BCUT2D eigenvalue weighted by atomic mass is 16.3. The molecule has 1 aliphatic rings. The molecule has 3 N–H and O–H groups in total. The van der Waals surface area contributed by atoms with Crippen LogP contribution in [0.5, 0.6) is 0 Å². The molecule has 2 atom stereocenters. The van der Waals surface area contributed by atoms with E-state index in [1.807, 2.05) is 0 Å². The summed E-state index contributed by atoms with van der Waals surface area (Å²) in [6.45, 7) is 0.767. The summed E-state index contributed by atoms with van der Waals surface area (Å²) in [6, 6.07) is 0. The average Bonchev–Trinajstić information content (AvgIpc) is 1.86. The highest BCUT2D eigenvalue weighted by molar-refractivity contribution is 4.79. The Labute approximate surface area is 56.1 Å². The maximum absolute atomic E-state index is 9.09. The maximum Gasteiger partial charge on any atom is 0.0568 e. The fraction of sp³-hybridized carbons (Fsp3) is 1.00. The van der Waals surface area contributed by atoms with E-state index in [1.165, 1.54) is 6.42 Å². The first-order valence-corrected chi connectivity index (χ1v) is 3.72. The van der Waals surface area contributed by atoms with Gasteiger partial charge in [-0.25, -0.2) is 0 Å². The first kappa shape index (κ1) is 7.03. The minimum atomic E-state index is -0.00319. The molecular weight excluding hydrogens is 114 g/mol. The van der Waals surface area contributed by atoms with Crippen LogP contribution in [-0.4, -0.2) is 17.8 Å². The Morgan fingerprint density at radius 1 is 1.44 bits per heavy atom. The predicted molar refractivity (Wildman–Crippen MR) is 37.0 cm³/mol. The SMILES string of the molecule is NCCCC1CCC1O. The minimum absolute atomic E-state index is 0.00319. The van der Waals surface area contributed by atoms with Gasteiger partial charge in [0.15, 0.2) is 0 Å². The van der Waals surface area contributed by atoms with Gasteiger partial charge in [-0.15, -0.1) is 0 Å². The van der Waals surface area contributed by atoms with E-state index in [1.54, 1.807) is 0 Å². The number of rotatable bonds is 3. The molecule has 0 amide bonds. The van der Waals surface area contributed by atoms with E-state index in [0.29, 0.717) is 5.92 Å². The number of nitrogens with two attached hydrogens (primary N) is 1. The van der Waals surface area contributed by atoms with Gasteiger partial charge in [0.25, 0.3) is 0 Å². The smallest absolute Gasteiger partial charge is 0.0568 e. The normalized spacial score (nSPS) is 34.0. The lowest BCUT2D eigenvalue weighted by molar-refractivity contribution is 0.0188. The van der Waals surface area contributed by atoms with E-state index in [4.69, 9.17) is 10.8 Å². The lowest BCUT2D eigenvalue weighted by Gasteiger charge is -2.32. The van der Waals surface area contributed by atoms with Crippen molar-refractivity contribution in [3.8, 4) is 0 Å². The Bertz CT molecular complexity index is 85.0. The molecule has 2 unspecified atom stereocenters. The summed E-state index contributed by atoms with van der Waals surface area (Å²) in [5.41, 5.74) is 5.32. The van der Waals surface area contributed by atoms with Crippen LogP contribution < -0.4 is 5.73 Å². The summed E-state index contributed by atoms with van der Waals surface area (Å²) < 4.78 is 0. The van der Waals surface area contributed by atoms with Gasteiger partial charge in [0, 0.05) is 0 Å². The molecule has 9 heavy (non-hydrogen) atoms. The van der Waals surface area contributed by atoms with Crippen LogP contribution in [0.15, 0.2) is 0 Å². The van der Waals surface area contributed by atoms with Crippen molar-refractivity contribution in [2.24, 2.45) is 11.7 Å². The fourth-order valence-corrected chi connectivity index (χ4v) is 1.27. The zero-order valence-corrected chi connectivity index (χ0v) is 5.71. The third-order valence-electron chi connectivity index (χ3n) is 2.16. The molecule has 2 nitrogen and oxygen atoms in total. The molecule has 0 bridgehead atoms. The molecule has 54 valence electrons. The van der Waals surface area contributed by atoms with Gasteiger partial charge in [-0.2, -0.15) is 0 Å². The van der Waals surface area contributed by atoms with Crippen LogP contribution in [0.2, 0.25) is 0 Å². The molecule has 2 heteroatoms. The third-order valence-corrected chi connectivity index (χ3v) is 2.16. The number of hydrogen-bond acceptors (Lipinski definition) is 2. The second-order valence-electron chi connectivity index (χ2n) is 2.84. The van der Waals surface area contributed by atoms with Gasteiger partial charge in [-0.3, -0.25) is 0 Å². The van der Waals surface area contributed by atoms with Gasteiger partial charge >= 0.3 is 0 Å². The standard InChI is InChI=1S/C7H15NO/c8-5-1-2-6-3-4-7(6)9/h6-7,9H,1-5,8H2. The zero-order chi connectivity index (χ0) is 6.69.